The monoisotopic (exact) mass is 297 g/mol. The molecule has 0 amide bonds. The molecular formula is C14H19NO4S. The average molecular weight is 297 g/mol. The van der Waals surface area contributed by atoms with Gasteiger partial charge in [-0.1, -0.05) is 12.1 Å². The van der Waals surface area contributed by atoms with Crippen LogP contribution in [0, 0.1) is 0 Å². The fraction of sp³-hybridized carbons (Fsp3) is 0.500. The Kier molecular flexibility index (Phi) is 4.15. The maximum atomic E-state index is 12.2. The smallest absolute Gasteiger partial charge is 0.339 e. The van der Waals surface area contributed by atoms with Gasteiger partial charge in [0.25, 0.3) is 0 Å². The molecule has 2 atom stereocenters. The zero-order valence-electron chi connectivity index (χ0n) is 11.8. The van der Waals surface area contributed by atoms with Crippen LogP contribution in [0.2, 0.25) is 0 Å². The van der Waals surface area contributed by atoms with Crippen LogP contribution in [-0.2, 0) is 11.0 Å². The molecule has 1 aromatic rings. The van der Waals surface area contributed by atoms with E-state index in [4.69, 9.17) is 4.74 Å². The highest BCUT2D eigenvalue weighted by Crippen LogP contribution is 2.35. The number of carbonyl (C=O) groups is 1. The van der Waals surface area contributed by atoms with E-state index in [0.717, 1.165) is 5.56 Å². The van der Waals surface area contributed by atoms with Gasteiger partial charge >= 0.3 is 5.97 Å². The lowest BCUT2D eigenvalue weighted by molar-refractivity contribution is 0.0690. The Morgan fingerprint density at radius 2 is 2.15 bits per heavy atom. The third-order valence-electron chi connectivity index (χ3n) is 3.11. The number of carboxylic acids is 1. The first-order chi connectivity index (χ1) is 9.30. The Morgan fingerprint density at radius 3 is 2.75 bits per heavy atom. The third kappa shape index (κ3) is 3.02. The van der Waals surface area contributed by atoms with Gasteiger partial charge in [-0.3, -0.25) is 0 Å². The van der Waals surface area contributed by atoms with Gasteiger partial charge < -0.3 is 9.84 Å². The number of nitrogens with one attached hydrogen (secondary N) is 1. The molecule has 1 aliphatic heterocycles. The van der Waals surface area contributed by atoms with Crippen LogP contribution in [0.4, 0.5) is 0 Å². The molecule has 1 heterocycles. The van der Waals surface area contributed by atoms with Crippen molar-refractivity contribution in [1.82, 2.24) is 4.72 Å². The lowest BCUT2D eigenvalue weighted by Gasteiger charge is -2.29. The zero-order chi connectivity index (χ0) is 14.9. The third-order valence-corrected chi connectivity index (χ3v) is 4.72. The lowest BCUT2D eigenvalue weighted by Crippen LogP contribution is -2.37. The standard InChI is InChI=1S/C14H19NO4S/c1-14(2,3)20(18)15-11-7-8-19-12-9(11)5-4-6-10(12)13(16)17/h4-6,11,15H,7-8H2,1-3H3,(H,16,17)/t11-,20-/m0/s1. The second kappa shape index (κ2) is 5.54. The number of hydrogen-bond acceptors (Lipinski definition) is 3. The first kappa shape index (κ1) is 15.0. The number of para-hydroxylation sites is 1. The molecule has 20 heavy (non-hydrogen) atoms. The molecular weight excluding hydrogens is 278 g/mol. The van der Waals surface area contributed by atoms with Gasteiger partial charge in [-0.2, -0.15) is 0 Å². The summed E-state index contributed by atoms with van der Waals surface area (Å²) in [5.74, 6) is -0.630. The van der Waals surface area contributed by atoms with E-state index in [-0.39, 0.29) is 16.4 Å². The summed E-state index contributed by atoms with van der Waals surface area (Å²) in [6.07, 6.45) is 0.665. The van der Waals surface area contributed by atoms with Crippen LogP contribution in [-0.4, -0.2) is 26.6 Å². The summed E-state index contributed by atoms with van der Waals surface area (Å²) in [5, 5.41) is 9.18. The van der Waals surface area contributed by atoms with Crippen LogP contribution < -0.4 is 9.46 Å². The minimum atomic E-state index is -1.21. The van der Waals surface area contributed by atoms with Crippen LogP contribution in [0.15, 0.2) is 18.2 Å². The molecule has 0 radical (unpaired) electrons. The van der Waals surface area contributed by atoms with Gasteiger partial charge in [0, 0.05) is 12.0 Å². The Hall–Kier alpha value is -1.40. The number of ether oxygens (including phenoxy) is 1. The largest absolute Gasteiger partial charge is 0.492 e. The van der Waals surface area contributed by atoms with Crippen molar-refractivity contribution in [2.45, 2.75) is 38.0 Å². The van der Waals surface area contributed by atoms with Gasteiger partial charge in [-0.05, 0) is 26.8 Å². The van der Waals surface area contributed by atoms with Gasteiger partial charge in [-0.25, -0.2) is 13.7 Å². The molecule has 0 aromatic heterocycles. The SMILES string of the molecule is CC(C)(C)[S@](=O)N[C@H]1CCOc2c(C(=O)O)cccc21. The van der Waals surface area contributed by atoms with E-state index in [9.17, 15) is 14.1 Å². The highest BCUT2D eigenvalue weighted by atomic mass is 32.2. The van der Waals surface area contributed by atoms with Crippen LogP contribution in [0.5, 0.6) is 5.75 Å². The number of fused-ring (bicyclic) bond motifs is 1. The summed E-state index contributed by atoms with van der Waals surface area (Å²) < 4.78 is 20.4. The van der Waals surface area contributed by atoms with Crippen molar-refractivity contribution in [3.63, 3.8) is 0 Å². The molecule has 0 saturated carbocycles. The number of aromatic carboxylic acids is 1. The van der Waals surface area contributed by atoms with Gasteiger partial charge in [-0.15, -0.1) is 0 Å². The highest BCUT2D eigenvalue weighted by molar-refractivity contribution is 7.84. The number of rotatable bonds is 3. The van der Waals surface area contributed by atoms with E-state index < -0.39 is 17.0 Å². The Bertz CT molecular complexity index is 551. The van der Waals surface area contributed by atoms with Gasteiger partial charge in [0.05, 0.1) is 28.4 Å². The van der Waals surface area contributed by atoms with E-state index in [2.05, 4.69) is 4.72 Å². The molecule has 2 rings (SSSR count). The van der Waals surface area contributed by atoms with Crippen LogP contribution in [0.1, 0.15) is 49.2 Å². The van der Waals surface area contributed by atoms with Crippen molar-refractivity contribution in [3.05, 3.63) is 29.3 Å². The summed E-state index contributed by atoms with van der Waals surface area (Å²) in [6.45, 7) is 6.09. The molecule has 0 unspecified atom stereocenters. The fourth-order valence-corrected chi connectivity index (χ4v) is 2.88. The quantitative estimate of drug-likeness (QED) is 0.897. The van der Waals surface area contributed by atoms with E-state index >= 15 is 0 Å². The first-order valence-corrected chi connectivity index (χ1v) is 7.62. The number of carboxylic acid groups (broad SMARTS) is 1. The maximum Gasteiger partial charge on any atom is 0.339 e. The van der Waals surface area contributed by atoms with Gasteiger partial charge in [0.15, 0.2) is 0 Å². The van der Waals surface area contributed by atoms with Gasteiger partial charge in [0.1, 0.15) is 11.3 Å². The van der Waals surface area contributed by atoms with E-state index in [0.29, 0.717) is 18.8 Å². The predicted octanol–water partition coefficient (Wildman–Crippen LogP) is 2.26. The molecule has 0 spiro atoms. The molecule has 5 nitrogen and oxygen atoms in total. The van der Waals surface area contributed by atoms with Crippen molar-refractivity contribution in [1.29, 1.82) is 0 Å². The summed E-state index contributed by atoms with van der Waals surface area (Å²) in [7, 11) is -1.21. The second-order valence-electron chi connectivity index (χ2n) is 5.72. The van der Waals surface area contributed by atoms with Crippen molar-refractivity contribution in [2.75, 3.05) is 6.61 Å². The summed E-state index contributed by atoms with van der Waals surface area (Å²) in [6, 6.07) is 4.87. The molecule has 1 aromatic carbocycles. The molecule has 0 fully saturated rings. The highest BCUT2D eigenvalue weighted by Gasteiger charge is 2.29. The molecule has 1 aliphatic rings. The molecule has 110 valence electrons. The normalized spacial score (nSPS) is 19.9. The fourth-order valence-electron chi connectivity index (χ4n) is 2.02. The van der Waals surface area contributed by atoms with Crippen molar-refractivity contribution < 1.29 is 18.8 Å². The minimum Gasteiger partial charge on any atom is -0.492 e. The Labute approximate surface area is 120 Å². The lowest BCUT2D eigenvalue weighted by atomic mass is 9.98. The van der Waals surface area contributed by atoms with Crippen molar-refractivity contribution in [3.8, 4) is 5.75 Å². The summed E-state index contributed by atoms with van der Waals surface area (Å²) in [5.41, 5.74) is 0.907. The van der Waals surface area contributed by atoms with E-state index in [1.807, 2.05) is 26.8 Å². The Morgan fingerprint density at radius 1 is 1.45 bits per heavy atom. The van der Waals surface area contributed by atoms with Crippen molar-refractivity contribution in [2.24, 2.45) is 0 Å². The predicted molar refractivity (Wildman–Crippen MR) is 77.3 cm³/mol. The summed E-state index contributed by atoms with van der Waals surface area (Å²) >= 11 is 0. The number of hydrogen-bond donors (Lipinski definition) is 2. The molecule has 2 N–H and O–H groups in total. The molecule has 0 saturated heterocycles. The van der Waals surface area contributed by atoms with Crippen LogP contribution >= 0.6 is 0 Å². The average Bonchev–Trinajstić information content (AvgIpc) is 2.37. The Balaban J connectivity index is 2.32. The maximum absolute atomic E-state index is 12.2. The topological polar surface area (TPSA) is 75.6 Å². The van der Waals surface area contributed by atoms with Gasteiger partial charge in [0.2, 0.25) is 0 Å². The molecule has 6 heteroatoms. The van der Waals surface area contributed by atoms with Crippen LogP contribution in [0.25, 0.3) is 0 Å². The molecule has 0 bridgehead atoms. The molecule has 0 aliphatic carbocycles. The summed E-state index contributed by atoms with van der Waals surface area (Å²) in [4.78, 5) is 11.2. The zero-order valence-corrected chi connectivity index (χ0v) is 12.6. The number of benzene rings is 1. The second-order valence-corrected chi connectivity index (χ2v) is 7.72. The van der Waals surface area contributed by atoms with E-state index in [1.165, 1.54) is 6.07 Å². The van der Waals surface area contributed by atoms with E-state index in [1.54, 1.807) is 6.07 Å². The minimum absolute atomic E-state index is 0.149. The first-order valence-electron chi connectivity index (χ1n) is 6.48. The van der Waals surface area contributed by atoms with Crippen LogP contribution in [0.3, 0.4) is 0 Å². The van der Waals surface area contributed by atoms with Crippen molar-refractivity contribution >= 4 is 17.0 Å².